The molecule has 122 heavy (non-hydrogen) atoms. The van der Waals surface area contributed by atoms with Gasteiger partial charge in [-0.05, 0) is 148 Å². The summed E-state index contributed by atoms with van der Waals surface area (Å²) in [6, 6.07) is 16.6. The smallest absolute Gasteiger partial charge is 0.245 e. The van der Waals surface area contributed by atoms with Gasteiger partial charge in [-0.1, -0.05) is 100.0 Å². The molecule has 4 aromatic carbocycles. The monoisotopic (exact) mass is 1710 g/mol. The number of nitrogens with two attached hydrogens (primary N) is 6. The molecule has 6 rings (SSSR count). The zero-order valence-corrected chi connectivity index (χ0v) is 72.3. The summed E-state index contributed by atoms with van der Waals surface area (Å²) in [6.45, 7) is 12.9. The van der Waals surface area contributed by atoms with Crippen molar-refractivity contribution >= 4 is 127 Å². The molecule has 666 valence electrons. The van der Waals surface area contributed by atoms with E-state index >= 15 is 28.8 Å². The van der Waals surface area contributed by atoms with E-state index in [1.54, 1.807) is 76.4 Å². The summed E-state index contributed by atoms with van der Waals surface area (Å²) < 4.78 is 5.80. The van der Waals surface area contributed by atoms with Gasteiger partial charge in [-0.3, -0.25) is 71.9 Å². The number of aromatic amines is 1. The van der Waals surface area contributed by atoms with Crippen LogP contribution in [-0.4, -0.2) is 191 Å². The Labute approximate surface area is 716 Å². The van der Waals surface area contributed by atoms with Crippen molar-refractivity contribution in [2.75, 3.05) is 44.3 Å². The summed E-state index contributed by atoms with van der Waals surface area (Å²) in [5.74, 6) is -18.0. The number of aromatic nitrogens is 1. The number of carbonyl (C=O) groups excluding carboxylic acids is 16. The quantitative estimate of drug-likeness (QED) is 0.0247. The standard InChI is InChI=1S/C89H126N14O18S/c1-51-16-15-19-66-63(48-98-80(51)66)41-70-75(110)42-60(25-28-77(93)112)72(107)45-64(49-122-50-88(6,7)67(37-53(3)104)84(117)101-71(46-79(95)114)85(118)103-81(54(4)105)86(119)100-70)73(108)43-62(38-56-22-26-65(27-23-56)121-35-32-91)83(116)99-69(40-57-21-24-58-17-9-10-18-59(58)39-57)76(111)47-89(8,30-12-13-31-90)87(120)102-68(20-11-14-33-96-55(5)106)74(109)44-61(36-52(2)92)82(115)97-34-29-78(94)113/h9-10,15-19,21-24,26-27,39,48,52,54,60-62,64,67-71,81,98,105H,11-14,20,25,28-38,40-47,49-50,90-92H2,1-8H3,(H2,93,112)(H2,94,113)(H2,95,114)(H,96,106)(H,97,115)(H,99,116)(H,100,119)(H,101,117)(H,102,120)(H,103,118)/t52?,54-,60-,61-,62-,64+,67-,68+,69+,70+,71+,81+,89-/m1/s1. The minimum absolute atomic E-state index is 0.0405. The molecule has 33 heteroatoms. The zero-order valence-electron chi connectivity index (χ0n) is 71.4. The number of nitrogens with one attached hydrogen (secondary N) is 8. The van der Waals surface area contributed by atoms with Gasteiger partial charge in [0.15, 0.2) is 17.3 Å². The van der Waals surface area contributed by atoms with Crippen LogP contribution in [0.2, 0.25) is 0 Å². The maximum Gasteiger partial charge on any atom is 0.245 e. The predicted octanol–water partition coefficient (Wildman–Crippen LogP) is 3.74. The van der Waals surface area contributed by atoms with Crippen LogP contribution in [0.4, 0.5) is 0 Å². The summed E-state index contributed by atoms with van der Waals surface area (Å²) in [5.41, 5.74) is 35.1. The summed E-state index contributed by atoms with van der Waals surface area (Å²) in [6.07, 6.45) is -4.07. The molecule has 0 radical (unpaired) electrons. The Morgan fingerprint density at radius 3 is 2.01 bits per heavy atom. The van der Waals surface area contributed by atoms with Gasteiger partial charge in [-0.15, -0.1) is 0 Å². The Morgan fingerprint density at radius 1 is 0.672 bits per heavy atom. The molecule has 1 aliphatic rings. The number of fused-ring (bicyclic) bond motifs is 2. The first-order chi connectivity index (χ1) is 57.7. The molecule has 0 saturated carbocycles. The van der Waals surface area contributed by atoms with Gasteiger partial charge in [0.2, 0.25) is 59.1 Å². The number of aliphatic hydroxyl groups is 1. The number of ether oxygens (including phenoxy) is 1. The Hall–Kier alpha value is -10.6. The first kappa shape index (κ1) is 100. The molecular formula is C89H126N14O18S. The molecule has 1 saturated heterocycles. The van der Waals surface area contributed by atoms with Crippen LogP contribution < -0.4 is 76.4 Å². The Bertz CT molecular complexity index is 4510. The minimum atomic E-state index is -1.86. The second-order valence-electron chi connectivity index (χ2n) is 33.6. The van der Waals surface area contributed by atoms with E-state index in [0.717, 1.165) is 28.1 Å². The topological polar surface area (TPSA) is 559 Å². The summed E-state index contributed by atoms with van der Waals surface area (Å²) in [7, 11) is 0. The van der Waals surface area contributed by atoms with Gasteiger partial charge < -0.3 is 91.2 Å². The number of primary amides is 3. The van der Waals surface area contributed by atoms with E-state index in [1.807, 2.05) is 49.4 Å². The SMILES string of the molecule is CC(=O)C[C@@H]1C(=O)N[C@@H](CC(N)=O)C(=O)N[C@@H]([C@@H](C)O)C(=O)N[C@@H](Cc2c[nH]c3c(C)cccc23)C(=O)C[C@@H](CCC(N)=O)C(=O)C[C@H](C(=O)C[C@@H](Cc2ccc(OCCN)cc2)C(=O)N[C@@H](Cc2ccc3ccccc3c2)C(=O)C[C@@](C)(CCCCN)C(=O)N[C@@H](CCCCNC(C)=O)C(=O)C[C@@H](CC(C)N)C(=O)NCCC(N)=O)CSCC1(C)C. The lowest BCUT2D eigenvalue weighted by molar-refractivity contribution is -0.139. The van der Waals surface area contributed by atoms with Crippen molar-refractivity contribution in [2.45, 2.75) is 226 Å². The maximum atomic E-state index is 16.0. The number of rotatable bonds is 45. The maximum absolute atomic E-state index is 16.0. The third kappa shape index (κ3) is 32.3. The van der Waals surface area contributed by atoms with E-state index in [4.69, 9.17) is 39.1 Å². The van der Waals surface area contributed by atoms with Gasteiger partial charge in [-0.25, -0.2) is 0 Å². The number of ketones is 6. The largest absolute Gasteiger partial charge is 0.492 e. The van der Waals surface area contributed by atoms with Gasteiger partial charge >= 0.3 is 0 Å². The first-order valence-corrected chi connectivity index (χ1v) is 43.1. The highest BCUT2D eigenvalue weighted by molar-refractivity contribution is 7.99. The van der Waals surface area contributed by atoms with E-state index in [9.17, 15) is 53.1 Å². The van der Waals surface area contributed by atoms with Crippen molar-refractivity contribution in [1.82, 2.24) is 42.2 Å². The van der Waals surface area contributed by atoms with Crippen molar-refractivity contribution < 1.29 is 86.6 Å². The Kier molecular flexibility index (Phi) is 40.1. The molecule has 1 aromatic heterocycles. The molecular weight excluding hydrogens is 1590 g/mol. The van der Waals surface area contributed by atoms with Crippen LogP contribution in [-0.2, 0) is 96.0 Å². The lowest BCUT2D eigenvalue weighted by Gasteiger charge is -2.34. The first-order valence-electron chi connectivity index (χ1n) is 41.9. The lowest BCUT2D eigenvalue weighted by Crippen LogP contribution is -2.60. The highest BCUT2D eigenvalue weighted by Crippen LogP contribution is 2.37. The minimum Gasteiger partial charge on any atom is -0.492 e. The van der Waals surface area contributed by atoms with Crippen molar-refractivity contribution in [3.8, 4) is 5.75 Å². The summed E-state index contributed by atoms with van der Waals surface area (Å²) in [5, 5.41) is 32.5. The molecule has 0 bridgehead atoms. The molecule has 32 nitrogen and oxygen atoms in total. The highest BCUT2D eigenvalue weighted by atomic mass is 32.2. The molecule has 1 aliphatic heterocycles. The number of hydrogen-bond donors (Lipinski definition) is 15. The molecule has 13 atom stereocenters. The van der Waals surface area contributed by atoms with Crippen LogP contribution in [0.15, 0.2) is 91.1 Å². The van der Waals surface area contributed by atoms with Gasteiger partial charge in [-0.2, -0.15) is 11.8 Å². The Morgan fingerprint density at radius 2 is 1.36 bits per heavy atom. The van der Waals surface area contributed by atoms with Crippen LogP contribution in [0.5, 0.6) is 5.75 Å². The van der Waals surface area contributed by atoms with E-state index in [2.05, 4.69) is 42.2 Å². The lowest BCUT2D eigenvalue weighted by atomic mass is 9.77. The molecule has 2 heterocycles. The van der Waals surface area contributed by atoms with Crippen molar-refractivity contribution in [1.29, 1.82) is 0 Å². The molecule has 0 spiro atoms. The van der Waals surface area contributed by atoms with E-state index in [1.165, 1.54) is 20.8 Å². The number of thioether (sulfide) groups is 1. The van der Waals surface area contributed by atoms with E-state index in [0.29, 0.717) is 59.0 Å². The van der Waals surface area contributed by atoms with Gasteiger partial charge in [0, 0.05) is 137 Å². The fraction of sp³-hybridized carbons (Fsp3) is 0.551. The van der Waals surface area contributed by atoms with Crippen LogP contribution >= 0.6 is 11.8 Å². The fourth-order valence-corrected chi connectivity index (χ4v) is 16.8. The number of aryl methyl sites for hydroxylation is 1. The van der Waals surface area contributed by atoms with Crippen LogP contribution in [0.3, 0.4) is 0 Å². The zero-order chi connectivity index (χ0) is 90.1. The third-order valence-electron chi connectivity index (χ3n) is 22.3. The number of benzene rings is 4. The van der Waals surface area contributed by atoms with Crippen LogP contribution in [0, 0.1) is 47.3 Å². The van der Waals surface area contributed by atoms with E-state index < -0.39 is 216 Å². The fourth-order valence-electron chi connectivity index (χ4n) is 15.3. The molecule has 21 N–H and O–H groups in total. The molecule has 0 aliphatic carbocycles. The van der Waals surface area contributed by atoms with Crippen molar-refractivity contribution in [3.05, 3.63) is 113 Å². The average molecular weight is 1710 g/mol. The van der Waals surface area contributed by atoms with Crippen molar-refractivity contribution in [2.24, 2.45) is 74.8 Å². The number of Topliss-reactive ketones (excluding diaryl/α,β-unsaturated/α-hetero) is 6. The van der Waals surface area contributed by atoms with Crippen LogP contribution in [0.25, 0.3) is 21.7 Å². The third-order valence-corrected chi connectivity index (χ3v) is 23.9. The molecule has 1 fully saturated rings. The number of hydrogen-bond acceptors (Lipinski definition) is 22. The number of unbranched alkanes of at least 4 members (excludes halogenated alkanes) is 2. The molecule has 10 amide bonds. The average Bonchev–Trinajstić information content (AvgIpc) is 1.53. The second-order valence-corrected chi connectivity index (χ2v) is 34.6. The number of aliphatic hydroxyl groups excluding tert-OH is 1. The van der Waals surface area contributed by atoms with Crippen molar-refractivity contribution in [3.63, 3.8) is 0 Å². The van der Waals surface area contributed by atoms with Gasteiger partial charge in [0.05, 0.1) is 42.0 Å². The Balaban J connectivity index is 1.49. The highest BCUT2D eigenvalue weighted by Gasteiger charge is 2.44. The number of H-pyrrole nitrogens is 1. The van der Waals surface area contributed by atoms with Crippen LogP contribution in [0.1, 0.15) is 180 Å². The normalized spacial score (nSPS) is 19.6. The summed E-state index contributed by atoms with van der Waals surface area (Å²) >= 11 is 1.11. The number of carbonyl (C=O) groups is 16. The number of para-hydroxylation sites is 1. The van der Waals surface area contributed by atoms with Gasteiger partial charge in [0.25, 0.3) is 0 Å². The number of amides is 10. The second kappa shape index (κ2) is 48.9. The predicted molar refractivity (Wildman–Crippen MR) is 463 cm³/mol. The molecule has 1 unspecified atom stereocenters. The molecule has 5 aromatic rings. The van der Waals surface area contributed by atoms with Gasteiger partial charge in [0.1, 0.15) is 41.8 Å². The summed E-state index contributed by atoms with van der Waals surface area (Å²) in [4.78, 5) is 232. The van der Waals surface area contributed by atoms with E-state index in [-0.39, 0.29) is 108 Å².